The maximum atomic E-state index is 12.0. The molecule has 1 aliphatic carbocycles. The van der Waals surface area contributed by atoms with Gasteiger partial charge in [0.2, 0.25) is 10.0 Å². The number of nitrogens with one attached hydrogen (secondary N) is 1. The van der Waals surface area contributed by atoms with Crippen LogP contribution in [0.3, 0.4) is 0 Å². The highest BCUT2D eigenvalue weighted by molar-refractivity contribution is 7.89. The van der Waals surface area contributed by atoms with Crippen LogP contribution in [0.25, 0.3) is 0 Å². The second-order valence-electron chi connectivity index (χ2n) is 4.67. The molecular weight excluding hydrogens is 274 g/mol. The lowest BCUT2D eigenvalue weighted by Crippen LogP contribution is -2.33. The largest absolute Gasteiger partial charge is 0.391 e. The van der Waals surface area contributed by atoms with Crippen molar-refractivity contribution >= 4 is 21.6 Å². The molecule has 1 atom stereocenters. The van der Waals surface area contributed by atoms with E-state index in [-0.39, 0.29) is 17.4 Å². The zero-order valence-electron chi connectivity index (χ0n) is 10.1. The van der Waals surface area contributed by atoms with Gasteiger partial charge in [-0.25, -0.2) is 13.1 Å². The highest BCUT2D eigenvalue weighted by Crippen LogP contribution is 2.32. The number of aliphatic hydroxyl groups is 1. The number of aryl methyl sites for hydroxylation is 1. The lowest BCUT2D eigenvalue weighted by Gasteiger charge is -2.12. The molecule has 0 bridgehead atoms. The third kappa shape index (κ3) is 3.23. The summed E-state index contributed by atoms with van der Waals surface area (Å²) in [6.07, 6.45) is 1.36. The molecule has 0 heterocycles. The minimum absolute atomic E-state index is 0.0646. The number of benzene rings is 1. The van der Waals surface area contributed by atoms with Gasteiger partial charge in [0.15, 0.2) is 0 Å². The van der Waals surface area contributed by atoms with E-state index in [2.05, 4.69) is 4.72 Å². The van der Waals surface area contributed by atoms with Crippen molar-refractivity contribution in [3.05, 3.63) is 28.8 Å². The zero-order valence-corrected chi connectivity index (χ0v) is 11.6. The molecule has 0 aliphatic heterocycles. The molecule has 0 radical (unpaired) electrons. The lowest BCUT2D eigenvalue weighted by atomic mass is 10.2. The maximum Gasteiger partial charge on any atom is 0.240 e. The number of halogens is 1. The Labute approximate surface area is 112 Å². The van der Waals surface area contributed by atoms with Crippen molar-refractivity contribution in [1.82, 2.24) is 4.72 Å². The van der Waals surface area contributed by atoms with Crippen molar-refractivity contribution in [3.63, 3.8) is 0 Å². The molecule has 1 fully saturated rings. The van der Waals surface area contributed by atoms with Gasteiger partial charge in [0.05, 0.1) is 11.0 Å². The fraction of sp³-hybridized carbons (Fsp3) is 0.500. The molecule has 1 aromatic rings. The molecule has 4 nitrogen and oxygen atoms in total. The van der Waals surface area contributed by atoms with Crippen LogP contribution in [-0.2, 0) is 10.0 Å². The minimum atomic E-state index is -3.58. The van der Waals surface area contributed by atoms with Crippen molar-refractivity contribution in [2.24, 2.45) is 5.92 Å². The first-order chi connectivity index (χ1) is 8.40. The van der Waals surface area contributed by atoms with Gasteiger partial charge < -0.3 is 5.11 Å². The van der Waals surface area contributed by atoms with Gasteiger partial charge in [0.1, 0.15) is 0 Å². The normalized spacial score (nSPS) is 17.7. The summed E-state index contributed by atoms with van der Waals surface area (Å²) >= 11 is 5.79. The number of sulfonamides is 1. The third-order valence-corrected chi connectivity index (χ3v) is 4.89. The smallest absolute Gasteiger partial charge is 0.240 e. The monoisotopic (exact) mass is 289 g/mol. The number of aliphatic hydroxyl groups excluding tert-OH is 1. The van der Waals surface area contributed by atoms with E-state index >= 15 is 0 Å². The molecule has 0 saturated heterocycles. The van der Waals surface area contributed by atoms with Crippen LogP contribution in [0.4, 0.5) is 0 Å². The Bertz CT molecular complexity index is 540. The molecule has 1 aromatic carbocycles. The van der Waals surface area contributed by atoms with Crippen LogP contribution in [0.1, 0.15) is 18.4 Å². The maximum absolute atomic E-state index is 12.0. The Morgan fingerprint density at radius 2 is 2.17 bits per heavy atom. The predicted octanol–water partition coefficient (Wildman–Crippen LogP) is 1.70. The molecule has 1 unspecified atom stereocenters. The average Bonchev–Trinajstić information content (AvgIpc) is 3.09. The summed E-state index contributed by atoms with van der Waals surface area (Å²) in [7, 11) is -3.58. The number of rotatable bonds is 5. The first kappa shape index (κ1) is 13.8. The van der Waals surface area contributed by atoms with Crippen molar-refractivity contribution in [2.75, 3.05) is 6.54 Å². The molecule has 100 valence electrons. The fourth-order valence-corrected chi connectivity index (χ4v) is 3.34. The Hall–Kier alpha value is -0.620. The molecule has 0 amide bonds. The van der Waals surface area contributed by atoms with E-state index in [4.69, 9.17) is 11.6 Å². The second kappa shape index (κ2) is 5.17. The van der Waals surface area contributed by atoms with E-state index in [1.807, 2.05) is 0 Å². The van der Waals surface area contributed by atoms with Gasteiger partial charge in [-0.3, -0.25) is 0 Å². The van der Waals surface area contributed by atoms with Crippen molar-refractivity contribution in [3.8, 4) is 0 Å². The molecule has 2 N–H and O–H groups in total. The second-order valence-corrected chi connectivity index (χ2v) is 6.84. The van der Waals surface area contributed by atoms with E-state index in [0.29, 0.717) is 10.6 Å². The van der Waals surface area contributed by atoms with Crippen LogP contribution >= 0.6 is 11.6 Å². The summed E-state index contributed by atoms with van der Waals surface area (Å²) in [6, 6.07) is 4.62. The van der Waals surface area contributed by atoms with Gasteiger partial charge in [-0.15, -0.1) is 0 Å². The van der Waals surface area contributed by atoms with Gasteiger partial charge in [-0.05, 0) is 49.4 Å². The van der Waals surface area contributed by atoms with Crippen LogP contribution in [0.5, 0.6) is 0 Å². The molecule has 2 rings (SSSR count). The van der Waals surface area contributed by atoms with Crippen LogP contribution in [0.2, 0.25) is 5.02 Å². The quantitative estimate of drug-likeness (QED) is 0.867. The summed E-state index contributed by atoms with van der Waals surface area (Å²) in [6.45, 7) is 1.76. The van der Waals surface area contributed by atoms with Gasteiger partial charge >= 0.3 is 0 Å². The molecule has 1 aliphatic rings. The highest BCUT2D eigenvalue weighted by atomic mass is 35.5. The summed E-state index contributed by atoms with van der Waals surface area (Å²) in [5.74, 6) is 0.249. The Morgan fingerprint density at radius 1 is 1.50 bits per heavy atom. The molecule has 0 aromatic heterocycles. The van der Waals surface area contributed by atoms with E-state index in [0.717, 1.165) is 12.8 Å². The molecule has 6 heteroatoms. The van der Waals surface area contributed by atoms with Crippen molar-refractivity contribution < 1.29 is 13.5 Å². The zero-order chi connectivity index (χ0) is 13.3. The number of hydrogen-bond acceptors (Lipinski definition) is 3. The Balaban J connectivity index is 2.09. The Morgan fingerprint density at radius 3 is 2.72 bits per heavy atom. The third-order valence-electron chi connectivity index (χ3n) is 3.08. The highest BCUT2D eigenvalue weighted by Gasteiger charge is 2.30. The average molecular weight is 290 g/mol. The standard InChI is InChI=1S/C12H16ClNO3S/c1-8-6-10(13)4-5-12(8)18(16,17)14-7-11(15)9-2-3-9/h4-6,9,11,14-15H,2-3,7H2,1H3. The van der Waals surface area contributed by atoms with E-state index in [1.165, 1.54) is 6.07 Å². The van der Waals surface area contributed by atoms with Crippen molar-refractivity contribution in [1.29, 1.82) is 0 Å². The predicted molar refractivity (Wildman–Crippen MR) is 70.1 cm³/mol. The van der Waals surface area contributed by atoms with Crippen LogP contribution in [-0.4, -0.2) is 26.2 Å². The summed E-state index contributed by atoms with van der Waals surface area (Å²) in [5, 5.41) is 10.2. The lowest BCUT2D eigenvalue weighted by molar-refractivity contribution is 0.155. The van der Waals surface area contributed by atoms with Gasteiger partial charge in [-0.1, -0.05) is 11.6 Å². The molecule has 18 heavy (non-hydrogen) atoms. The summed E-state index contributed by atoms with van der Waals surface area (Å²) in [5.41, 5.74) is 0.593. The molecule has 1 saturated carbocycles. The van der Waals surface area contributed by atoms with Crippen molar-refractivity contribution in [2.45, 2.75) is 30.8 Å². The van der Waals surface area contributed by atoms with Gasteiger partial charge in [-0.2, -0.15) is 0 Å². The van der Waals surface area contributed by atoms with E-state index in [9.17, 15) is 13.5 Å². The summed E-state index contributed by atoms with van der Waals surface area (Å²) in [4.78, 5) is 0.204. The number of hydrogen-bond donors (Lipinski definition) is 2. The molecular formula is C12H16ClNO3S. The first-order valence-corrected chi connectivity index (χ1v) is 7.70. The summed E-state index contributed by atoms with van der Waals surface area (Å²) < 4.78 is 26.5. The minimum Gasteiger partial charge on any atom is -0.391 e. The topological polar surface area (TPSA) is 66.4 Å². The van der Waals surface area contributed by atoms with Crippen LogP contribution in [0, 0.1) is 12.8 Å². The van der Waals surface area contributed by atoms with Gasteiger partial charge in [0, 0.05) is 11.6 Å². The SMILES string of the molecule is Cc1cc(Cl)ccc1S(=O)(=O)NCC(O)C1CC1. The van der Waals surface area contributed by atoms with E-state index < -0.39 is 16.1 Å². The van der Waals surface area contributed by atoms with Crippen LogP contribution in [0.15, 0.2) is 23.1 Å². The fourth-order valence-electron chi connectivity index (χ4n) is 1.83. The molecule has 0 spiro atoms. The van der Waals surface area contributed by atoms with E-state index in [1.54, 1.807) is 19.1 Å². The van der Waals surface area contributed by atoms with Gasteiger partial charge in [0.25, 0.3) is 0 Å². The Kier molecular flexibility index (Phi) is 3.96. The first-order valence-electron chi connectivity index (χ1n) is 5.84. The van der Waals surface area contributed by atoms with Crippen LogP contribution < -0.4 is 4.72 Å².